The lowest BCUT2D eigenvalue weighted by atomic mass is 10.2. The Morgan fingerprint density at radius 2 is 1.95 bits per heavy atom. The number of ether oxygens (including phenoxy) is 1. The third-order valence-electron chi connectivity index (χ3n) is 3.21. The minimum atomic E-state index is -0.119. The van der Waals surface area contributed by atoms with Crippen LogP contribution in [0.2, 0.25) is 0 Å². The summed E-state index contributed by atoms with van der Waals surface area (Å²) in [5.41, 5.74) is 0.450. The Labute approximate surface area is 134 Å². The molecule has 0 fully saturated rings. The number of methoxy groups -OCH3 is 1. The van der Waals surface area contributed by atoms with Crippen molar-refractivity contribution in [1.29, 1.82) is 0 Å². The first kappa shape index (κ1) is 16.2. The minimum absolute atomic E-state index is 0.0274. The van der Waals surface area contributed by atoms with E-state index in [4.69, 9.17) is 4.74 Å². The van der Waals surface area contributed by atoms with Gasteiger partial charge in [-0.3, -0.25) is 4.79 Å². The van der Waals surface area contributed by atoms with Crippen LogP contribution < -0.4 is 4.74 Å². The molecule has 0 heterocycles. The largest absolute Gasteiger partial charge is 0.504 e. The Bertz CT molecular complexity index is 631. The lowest BCUT2D eigenvalue weighted by Gasteiger charge is -2.17. The van der Waals surface area contributed by atoms with Crippen LogP contribution in [0.5, 0.6) is 11.5 Å². The third kappa shape index (κ3) is 4.18. The number of hydrogen-bond donors (Lipinski definition) is 1. The molecule has 0 bridgehead atoms. The second-order valence-electron chi connectivity index (χ2n) is 4.77. The van der Waals surface area contributed by atoms with Crippen molar-refractivity contribution in [3.63, 3.8) is 0 Å². The van der Waals surface area contributed by atoms with Crippen LogP contribution >= 0.6 is 11.8 Å². The number of hydrogen-bond acceptors (Lipinski definition) is 4. The molecule has 0 aromatic heterocycles. The summed E-state index contributed by atoms with van der Waals surface area (Å²) in [6.45, 7) is 0.630. The molecule has 22 heavy (non-hydrogen) atoms. The van der Waals surface area contributed by atoms with Gasteiger partial charge in [-0.2, -0.15) is 0 Å². The average Bonchev–Trinajstić information content (AvgIpc) is 2.55. The van der Waals surface area contributed by atoms with E-state index in [2.05, 4.69) is 0 Å². The van der Waals surface area contributed by atoms with Crippen molar-refractivity contribution in [2.24, 2.45) is 0 Å². The number of rotatable bonds is 6. The maximum atomic E-state index is 12.3. The zero-order chi connectivity index (χ0) is 15.9. The van der Waals surface area contributed by atoms with Gasteiger partial charge >= 0.3 is 0 Å². The van der Waals surface area contributed by atoms with Crippen LogP contribution in [0.4, 0.5) is 0 Å². The summed E-state index contributed by atoms with van der Waals surface area (Å²) in [6, 6.07) is 14.8. The summed E-state index contributed by atoms with van der Waals surface area (Å²) in [5, 5.41) is 9.75. The highest BCUT2D eigenvalue weighted by Crippen LogP contribution is 2.26. The first-order chi connectivity index (χ1) is 10.6. The Morgan fingerprint density at radius 3 is 2.59 bits per heavy atom. The second-order valence-corrected chi connectivity index (χ2v) is 5.94. The van der Waals surface area contributed by atoms with Crippen LogP contribution in [0, 0.1) is 0 Å². The van der Waals surface area contributed by atoms with Crippen LogP contribution in [-0.2, 0) is 0 Å². The smallest absolute Gasteiger partial charge is 0.253 e. The predicted octanol–water partition coefficient (Wildman–Crippen LogP) is 3.27. The van der Waals surface area contributed by atoms with E-state index in [1.165, 1.54) is 18.1 Å². The number of nitrogens with zero attached hydrogens (tertiary/aromatic N) is 1. The van der Waals surface area contributed by atoms with Gasteiger partial charge in [-0.15, -0.1) is 11.8 Å². The minimum Gasteiger partial charge on any atom is -0.504 e. The van der Waals surface area contributed by atoms with Gasteiger partial charge in [-0.1, -0.05) is 18.2 Å². The predicted molar refractivity (Wildman–Crippen MR) is 88.8 cm³/mol. The summed E-state index contributed by atoms with van der Waals surface area (Å²) in [7, 11) is 3.23. The summed E-state index contributed by atoms with van der Waals surface area (Å²) >= 11 is 1.71. The fourth-order valence-electron chi connectivity index (χ4n) is 1.96. The Morgan fingerprint density at radius 1 is 1.23 bits per heavy atom. The highest BCUT2D eigenvalue weighted by molar-refractivity contribution is 7.99. The number of carbonyl (C=O) groups is 1. The van der Waals surface area contributed by atoms with E-state index in [-0.39, 0.29) is 11.7 Å². The van der Waals surface area contributed by atoms with Crippen molar-refractivity contribution in [2.45, 2.75) is 4.90 Å². The molecule has 0 unspecified atom stereocenters. The van der Waals surface area contributed by atoms with E-state index < -0.39 is 0 Å². The molecule has 0 atom stereocenters. The Balaban J connectivity index is 1.90. The molecule has 1 N–H and O–H groups in total. The molecule has 2 aromatic carbocycles. The van der Waals surface area contributed by atoms with Gasteiger partial charge in [0.25, 0.3) is 5.91 Å². The fourth-order valence-corrected chi connectivity index (χ4v) is 2.91. The van der Waals surface area contributed by atoms with Gasteiger partial charge < -0.3 is 14.7 Å². The maximum Gasteiger partial charge on any atom is 0.253 e. The van der Waals surface area contributed by atoms with E-state index in [1.807, 2.05) is 30.3 Å². The highest BCUT2D eigenvalue weighted by atomic mass is 32.2. The third-order valence-corrected chi connectivity index (χ3v) is 4.20. The van der Waals surface area contributed by atoms with Gasteiger partial charge in [0.1, 0.15) is 0 Å². The molecule has 0 radical (unpaired) electrons. The van der Waals surface area contributed by atoms with Crippen LogP contribution in [-0.4, -0.2) is 42.4 Å². The molecule has 4 nitrogen and oxygen atoms in total. The second kappa shape index (κ2) is 7.75. The zero-order valence-corrected chi connectivity index (χ0v) is 13.5. The lowest BCUT2D eigenvalue weighted by molar-refractivity contribution is 0.0803. The first-order valence-corrected chi connectivity index (χ1v) is 7.90. The molecular weight excluding hydrogens is 298 g/mol. The number of amides is 1. The fraction of sp³-hybridized carbons (Fsp3) is 0.235. The van der Waals surface area contributed by atoms with E-state index in [0.29, 0.717) is 17.9 Å². The van der Waals surface area contributed by atoms with Crippen LogP contribution in [0.3, 0.4) is 0 Å². The molecule has 1 amide bonds. The molecule has 0 aliphatic rings. The van der Waals surface area contributed by atoms with Crippen LogP contribution in [0.15, 0.2) is 53.4 Å². The summed E-state index contributed by atoms with van der Waals surface area (Å²) in [6.07, 6.45) is 0. The van der Waals surface area contributed by atoms with Crippen molar-refractivity contribution in [3.05, 3.63) is 54.1 Å². The van der Waals surface area contributed by atoms with Crippen molar-refractivity contribution in [2.75, 3.05) is 26.5 Å². The van der Waals surface area contributed by atoms with Gasteiger partial charge in [0.2, 0.25) is 0 Å². The van der Waals surface area contributed by atoms with E-state index >= 15 is 0 Å². The van der Waals surface area contributed by atoms with E-state index in [9.17, 15) is 9.90 Å². The van der Waals surface area contributed by atoms with Gasteiger partial charge in [-0.25, -0.2) is 0 Å². The van der Waals surface area contributed by atoms with Gasteiger partial charge in [0, 0.05) is 29.8 Å². The molecule has 0 saturated carbocycles. The molecule has 116 valence electrons. The van der Waals surface area contributed by atoms with E-state index in [0.717, 1.165) is 5.75 Å². The molecule has 0 aliphatic heterocycles. The Hall–Kier alpha value is -2.14. The Kier molecular flexibility index (Phi) is 5.72. The summed E-state index contributed by atoms with van der Waals surface area (Å²) in [5.74, 6) is 1.03. The van der Waals surface area contributed by atoms with Crippen LogP contribution in [0.1, 0.15) is 10.4 Å². The van der Waals surface area contributed by atoms with Crippen molar-refractivity contribution in [1.82, 2.24) is 4.90 Å². The monoisotopic (exact) mass is 317 g/mol. The number of carbonyl (C=O) groups excluding carboxylic acids is 1. The summed E-state index contributed by atoms with van der Waals surface area (Å²) < 4.78 is 4.98. The average molecular weight is 317 g/mol. The number of phenols is 1. The standard InChI is InChI=1S/C17H19NO3S/c1-18(10-11-22-14-6-4-3-5-7-14)17(20)13-8-9-16(21-2)15(19)12-13/h3-9,12,19H,10-11H2,1-2H3. The summed E-state index contributed by atoms with van der Waals surface area (Å²) in [4.78, 5) is 15.1. The normalized spacial score (nSPS) is 10.3. The van der Waals surface area contributed by atoms with Crippen molar-refractivity contribution in [3.8, 4) is 11.5 Å². The molecule has 0 spiro atoms. The molecule has 0 aliphatic carbocycles. The van der Waals surface area contributed by atoms with Gasteiger partial charge in [0.15, 0.2) is 11.5 Å². The van der Waals surface area contributed by atoms with Crippen LogP contribution in [0.25, 0.3) is 0 Å². The maximum absolute atomic E-state index is 12.3. The van der Waals surface area contributed by atoms with E-state index in [1.54, 1.807) is 35.8 Å². The topological polar surface area (TPSA) is 49.8 Å². The number of aromatic hydroxyl groups is 1. The molecule has 5 heteroatoms. The quantitative estimate of drug-likeness (QED) is 0.831. The number of phenolic OH excluding ortho intramolecular Hbond substituents is 1. The molecule has 2 aromatic rings. The van der Waals surface area contributed by atoms with Gasteiger partial charge in [-0.05, 0) is 30.3 Å². The first-order valence-electron chi connectivity index (χ1n) is 6.92. The lowest BCUT2D eigenvalue weighted by Crippen LogP contribution is -2.28. The zero-order valence-electron chi connectivity index (χ0n) is 12.7. The SMILES string of the molecule is COc1ccc(C(=O)N(C)CCSc2ccccc2)cc1O. The molecule has 0 saturated heterocycles. The highest BCUT2D eigenvalue weighted by Gasteiger charge is 2.13. The van der Waals surface area contributed by atoms with Crippen molar-refractivity contribution < 1.29 is 14.6 Å². The van der Waals surface area contributed by atoms with Crippen molar-refractivity contribution >= 4 is 17.7 Å². The molecular formula is C17H19NO3S. The number of thioether (sulfide) groups is 1. The van der Waals surface area contributed by atoms with Gasteiger partial charge in [0.05, 0.1) is 7.11 Å². The molecule has 2 rings (SSSR count). The number of benzene rings is 2.